The molecule has 1 aliphatic carbocycles. The molecular weight excluding hydrogens is 322 g/mol. The van der Waals surface area contributed by atoms with Crippen LogP contribution in [0.15, 0.2) is 30.5 Å². The van der Waals surface area contributed by atoms with Crippen LogP contribution in [0.4, 0.5) is 0 Å². The van der Waals surface area contributed by atoms with Crippen LogP contribution in [-0.2, 0) is 11.2 Å². The lowest BCUT2D eigenvalue weighted by atomic mass is 9.79. The average Bonchev–Trinajstić information content (AvgIpc) is 3.24. The minimum Gasteiger partial charge on any atom is -0.361 e. The Bertz CT molecular complexity index is 775. The molecule has 1 saturated carbocycles. The number of aromatic amines is 1. The maximum atomic E-state index is 13.4. The number of carbonyl (C=O) groups excluding carboxylic acids is 1. The molecule has 0 radical (unpaired) electrons. The fourth-order valence-corrected chi connectivity index (χ4v) is 5.16. The standard InChI is InChI=1S/C22H31N3O/c1-3-24(2)18-14-22(11-7-4-8-12-22)25(16-18)21(26)13-17-15-23-20-10-6-5-9-19(17)20/h5-6,9-10,15,18,23H,3-4,7-8,11-14,16H2,1-2H3. The molecule has 2 fully saturated rings. The fourth-order valence-electron chi connectivity index (χ4n) is 5.16. The number of rotatable bonds is 4. The van der Waals surface area contributed by atoms with E-state index in [9.17, 15) is 4.79 Å². The number of H-pyrrole nitrogens is 1. The van der Waals surface area contributed by atoms with Crippen molar-refractivity contribution in [2.45, 2.75) is 63.5 Å². The SMILES string of the molecule is CCN(C)C1CN(C(=O)Cc2c[nH]c3ccccc23)C2(CCCCC2)C1. The Kier molecular flexibility index (Phi) is 4.78. The molecule has 1 aromatic carbocycles. The van der Waals surface area contributed by atoms with Crippen LogP contribution >= 0.6 is 0 Å². The van der Waals surface area contributed by atoms with Gasteiger partial charge >= 0.3 is 0 Å². The number of aromatic nitrogens is 1. The van der Waals surface area contributed by atoms with Crippen LogP contribution in [0.3, 0.4) is 0 Å². The number of nitrogens with one attached hydrogen (secondary N) is 1. The average molecular weight is 354 g/mol. The molecule has 1 amide bonds. The van der Waals surface area contributed by atoms with Crippen molar-refractivity contribution in [2.24, 2.45) is 0 Å². The van der Waals surface area contributed by atoms with Gasteiger partial charge in [0.25, 0.3) is 0 Å². The Morgan fingerprint density at radius 2 is 2.04 bits per heavy atom. The number of likely N-dealkylation sites (N-methyl/N-ethyl adjacent to an activating group) is 1. The maximum absolute atomic E-state index is 13.4. The lowest BCUT2D eigenvalue weighted by Gasteiger charge is -2.41. The van der Waals surface area contributed by atoms with Gasteiger partial charge in [-0.25, -0.2) is 0 Å². The zero-order chi connectivity index (χ0) is 18.1. The Morgan fingerprint density at radius 3 is 2.81 bits per heavy atom. The van der Waals surface area contributed by atoms with E-state index in [2.05, 4.69) is 47.0 Å². The summed E-state index contributed by atoms with van der Waals surface area (Å²) in [5.41, 5.74) is 2.35. The number of nitrogens with zero attached hydrogens (tertiary/aromatic N) is 2. The van der Waals surface area contributed by atoms with Gasteiger partial charge in [0.1, 0.15) is 0 Å². The summed E-state index contributed by atoms with van der Waals surface area (Å²) in [5, 5.41) is 1.18. The van der Waals surface area contributed by atoms with E-state index < -0.39 is 0 Å². The van der Waals surface area contributed by atoms with Gasteiger partial charge in [0.15, 0.2) is 0 Å². The minimum absolute atomic E-state index is 0.107. The van der Waals surface area contributed by atoms with Gasteiger partial charge in [-0.2, -0.15) is 0 Å². The monoisotopic (exact) mass is 353 g/mol. The molecule has 26 heavy (non-hydrogen) atoms. The van der Waals surface area contributed by atoms with Crippen molar-refractivity contribution >= 4 is 16.8 Å². The molecule has 1 aliphatic heterocycles. The van der Waals surface area contributed by atoms with Crippen LogP contribution in [0.25, 0.3) is 10.9 Å². The lowest BCUT2D eigenvalue weighted by molar-refractivity contribution is -0.135. The largest absolute Gasteiger partial charge is 0.361 e. The summed E-state index contributed by atoms with van der Waals surface area (Å²) in [6.07, 6.45) is 9.88. The molecule has 2 heterocycles. The molecule has 4 heteroatoms. The molecule has 2 aliphatic rings. The normalized spacial score (nSPS) is 22.6. The number of hydrogen-bond donors (Lipinski definition) is 1. The Hall–Kier alpha value is -1.81. The van der Waals surface area contributed by atoms with Gasteiger partial charge in [0.05, 0.1) is 6.42 Å². The molecule has 2 aromatic rings. The van der Waals surface area contributed by atoms with Crippen molar-refractivity contribution in [1.29, 1.82) is 0 Å². The summed E-state index contributed by atoms with van der Waals surface area (Å²) >= 11 is 0. The van der Waals surface area contributed by atoms with Crippen molar-refractivity contribution < 1.29 is 4.79 Å². The van der Waals surface area contributed by atoms with Crippen molar-refractivity contribution in [1.82, 2.24) is 14.8 Å². The van der Waals surface area contributed by atoms with Gasteiger partial charge in [-0.05, 0) is 44.5 Å². The van der Waals surface area contributed by atoms with Crippen LogP contribution in [0, 0.1) is 0 Å². The zero-order valence-electron chi connectivity index (χ0n) is 16.1. The first-order chi connectivity index (χ1) is 12.6. The first-order valence-corrected chi connectivity index (χ1v) is 10.2. The van der Waals surface area contributed by atoms with Gasteiger partial charge in [0, 0.05) is 35.2 Å². The number of hydrogen-bond acceptors (Lipinski definition) is 2. The summed E-state index contributed by atoms with van der Waals surface area (Å²) in [6, 6.07) is 8.78. The minimum atomic E-state index is 0.107. The van der Waals surface area contributed by atoms with Gasteiger partial charge in [-0.3, -0.25) is 4.79 Å². The molecule has 0 bridgehead atoms. The van der Waals surface area contributed by atoms with E-state index in [4.69, 9.17) is 0 Å². The van der Waals surface area contributed by atoms with E-state index >= 15 is 0 Å². The molecule has 1 saturated heterocycles. The Balaban J connectivity index is 1.58. The Labute approximate surface area is 156 Å². The molecule has 1 N–H and O–H groups in total. The van der Waals surface area contributed by atoms with E-state index in [1.54, 1.807) is 0 Å². The molecule has 4 nitrogen and oxygen atoms in total. The van der Waals surface area contributed by atoms with E-state index in [-0.39, 0.29) is 5.54 Å². The predicted octanol–water partition coefficient (Wildman–Crippen LogP) is 3.97. The highest BCUT2D eigenvalue weighted by molar-refractivity contribution is 5.89. The van der Waals surface area contributed by atoms with Gasteiger partial charge < -0.3 is 14.8 Å². The maximum Gasteiger partial charge on any atom is 0.227 e. The summed E-state index contributed by atoms with van der Waals surface area (Å²) in [5.74, 6) is 0.309. The van der Waals surface area contributed by atoms with E-state index in [0.29, 0.717) is 18.4 Å². The van der Waals surface area contributed by atoms with Crippen molar-refractivity contribution in [2.75, 3.05) is 20.1 Å². The quantitative estimate of drug-likeness (QED) is 0.903. The molecule has 140 valence electrons. The van der Waals surface area contributed by atoms with Crippen LogP contribution in [0.1, 0.15) is 51.0 Å². The van der Waals surface area contributed by atoms with Crippen LogP contribution in [0.2, 0.25) is 0 Å². The molecular formula is C22H31N3O. The van der Waals surface area contributed by atoms with Crippen molar-refractivity contribution in [3.63, 3.8) is 0 Å². The van der Waals surface area contributed by atoms with Gasteiger partial charge in [-0.1, -0.05) is 44.4 Å². The summed E-state index contributed by atoms with van der Waals surface area (Å²) in [7, 11) is 2.20. The van der Waals surface area contributed by atoms with E-state index in [1.807, 2.05) is 12.3 Å². The first-order valence-electron chi connectivity index (χ1n) is 10.2. The number of amides is 1. The number of benzene rings is 1. The van der Waals surface area contributed by atoms with Gasteiger partial charge in [-0.15, -0.1) is 0 Å². The van der Waals surface area contributed by atoms with Crippen molar-refractivity contribution in [3.05, 3.63) is 36.0 Å². The van der Waals surface area contributed by atoms with Gasteiger partial charge in [0.2, 0.25) is 5.91 Å². The zero-order valence-corrected chi connectivity index (χ0v) is 16.1. The van der Waals surface area contributed by atoms with E-state index in [1.165, 1.54) is 37.5 Å². The second-order valence-corrected chi connectivity index (χ2v) is 8.26. The molecule has 1 spiro atoms. The van der Waals surface area contributed by atoms with Crippen molar-refractivity contribution in [3.8, 4) is 0 Å². The van der Waals surface area contributed by atoms with E-state index in [0.717, 1.165) is 30.6 Å². The summed E-state index contributed by atoms with van der Waals surface area (Å²) in [6.45, 7) is 4.15. The smallest absolute Gasteiger partial charge is 0.227 e. The second kappa shape index (κ2) is 7.07. The second-order valence-electron chi connectivity index (χ2n) is 8.26. The first kappa shape index (κ1) is 17.6. The summed E-state index contributed by atoms with van der Waals surface area (Å²) < 4.78 is 0. The molecule has 1 aromatic heterocycles. The third kappa shape index (κ3) is 3.05. The fraction of sp³-hybridized carbons (Fsp3) is 0.591. The number of likely N-dealkylation sites (tertiary alicyclic amines) is 1. The lowest BCUT2D eigenvalue weighted by Crippen LogP contribution is -2.49. The highest BCUT2D eigenvalue weighted by atomic mass is 16.2. The topological polar surface area (TPSA) is 39.3 Å². The molecule has 1 atom stereocenters. The third-order valence-electron chi connectivity index (χ3n) is 6.81. The molecule has 1 unspecified atom stereocenters. The van der Waals surface area contributed by atoms with Crippen LogP contribution < -0.4 is 0 Å². The molecule has 4 rings (SSSR count). The number of para-hydroxylation sites is 1. The predicted molar refractivity (Wildman–Crippen MR) is 106 cm³/mol. The number of fused-ring (bicyclic) bond motifs is 1. The Morgan fingerprint density at radius 1 is 1.27 bits per heavy atom. The third-order valence-corrected chi connectivity index (χ3v) is 6.81. The highest BCUT2D eigenvalue weighted by Crippen LogP contribution is 2.43. The van der Waals surface area contributed by atoms with Crippen LogP contribution in [0.5, 0.6) is 0 Å². The highest BCUT2D eigenvalue weighted by Gasteiger charge is 2.48. The number of carbonyl (C=O) groups is 1. The van der Waals surface area contributed by atoms with Crippen LogP contribution in [-0.4, -0.2) is 52.4 Å². The summed E-state index contributed by atoms with van der Waals surface area (Å²) in [4.78, 5) is 21.4.